The van der Waals surface area contributed by atoms with E-state index in [-0.39, 0.29) is 25.6 Å². The summed E-state index contributed by atoms with van der Waals surface area (Å²) in [5.41, 5.74) is 1.82. The van der Waals surface area contributed by atoms with E-state index in [1.165, 1.54) is 6.08 Å². The number of carbonyl (C=O) groups excluding carboxylic acids is 1. The van der Waals surface area contributed by atoms with E-state index in [0.717, 1.165) is 28.4 Å². The summed E-state index contributed by atoms with van der Waals surface area (Å²) < 4.78 is 1.26. The number of benzene rings is 2. The second-order valence-electron chi connectivity index (χ2n) is 5.52. The molecule has 0 fully saturated rings. The van der Waals surface area contributed by atoms with Gasteiger partial charge in [-0.05, 0) is 0 Å². The van der Waals surface area contributed by atoms with Gasteiger partial charge >= 0.3 is 150 Å². The molecule has 0 spiro atoms. The van der Waals surface area contributed by atoms with Gasteiger partial charge in [-0.3, -0.25) is 0 Å². The maximum absolute atomic E-state index is 12.7. The van der Waals surface area contributed by atoms with Gasteiger partial charge in [-0.15, -0.1) is 0 Å². The van der Waals surface area contributed by atoms with Crippen LogP contribution in [0.1, 0.15) is 22.3 Å². The monoisotopic (exact) mass is 386 g/mol. The van der Waals surface area contributed by atoms with Crippen molar-refractivity contribution in [2.24, 2.45) is 5.92 Å². The first kappa shape index (κ1) is 18.4. The van der Waals surface area contributed by atoms with Gasteiger partial charge in [0.2, 0.25) is 0 Å². The zero-order valence-corrected chi connectivity index (χ0v) is 15.3. The van der Waals surface area contributed by atoms with Crippen LogP contribution in [0.25, 0.3) is 0 Å². The van der Waals surface area contributed by atoms with Crippen LogP contribution in [0.15, 0.2) is 79.9 Å². The van der Waals surface area contributed by atoms with Gasteiger partial charge < -0.3 is 0 Å². The number of rotatable bonds is 9. The van der Waals surface area contributed by atoms with Gasteiger partial charge in [0.25, 0.3) is 0 Å². The minimum absolute atomic E-state index is 0.0507. The first-order chi connectivity index (χ1) is 11.7. The zero-order chi connectivity index (χ0) is 17.4. The average molecular weight is 385 g/mol. The van der Waals surface area contributed by atoms with Gasteiger partial charge in [-0.2, -0.15) is 0 Å². The second-order valence-corrected chi connectivity index (χ2v) is 7.72. The quantitative estimate of drug-likeness (QED) is 0.532. The fourth-order valence-electron chi connectivity index (χ4n) is 2.51. The summed E-state index contributed by atoms with van der Waals surface area (Å²) in [6.07, 6.45) is 4.15. The molecule has 0 amide bonds. The molecule has 0 aromatic heterocycles. The van der Waals surface area contributed by atoms with Crippen molar-refractivity contribution in [2.45, 2.75) is 18.9 Å². The van der Waals surface area contributed by atoms with E-state index in [0.29, 0.717) is 0 Å². The van der Waals surface area contributed by atoms with Crippen molar-refractivity contribution in [3.05, 3.63) is 91.0 Å². The number of aliphatic hydroxyl groups is 1. The van der Waals surface area contributed by atoms with Gasteiger partial charge in [0, 0.05) is 0 Å². The Morgan fingerprint density at radius 1 is 1.04 bits per heavy atom. The number of aryl methyl sites for hydroxylation is 1. The fourth-order valence-corrected chi connectivity index (χ4v) is 4.23. The van der Waals surface area contributed by atoms with Crippen LogP contribution in [0.2, 0.25) is 0 Å². The number of aliphatic hydroxyl groups excluding tert-OH is 1. The van der Waals surface area contributed by atoms with Crippen molar-refractivity contribution in [2.75, 3.05) is 0 Å². The fraction of sp³-hybridized carbons (Fsp3) is 0.190. The molecule has 0 aliphatic rings. The molecular formula is C21H22O2Se. The molecule has 3 heteroatoms. The molecule has 1 unspecified atom stereocenters. The van der Waals surface area contributed by atoms with Gasteiger partial charge in [-0.25, -0.2) is 0 Å². The van der Waals surface area contributed by atoms with E-state index in [4.69, 9.17) is 0 Å². The second kappa shape index (κ2) is 9.39. The molecule has 1 N–H and O–H groups in total. The van der Waals surface area contributed by atoms with Crippen molar-refractivity contribution in [3.63, 3.8) is 0 Å². The van der Waals surface area contributed by atoms with E-state index in [9.17, 15) is 9.90 Å². The van der Waals surface area contributed by atoms with Crippen molar-refractivity contribution in [3.8, 4) is 0 Å². The van der Waals surface area contributed by atoms with Gasteiger partial charge in [-0.1, -0.05) is 0 Å². The summed E-state index contributed by atoms with van der Waals surface area (Å²) in [5, 5.41) is 9.92. The predicted molar refractivity (Wildman–Crippen MR) is 101 cm³/mol. The molecule has 2 aromatic rings. The van der Waals surface area contributed by atoms with E-state index in [1.807, 2.05) is 54.6 Å². The van der Waals surface area contributed by atoms with Crippen molar-refractivity contribution in [1.82, 2.24) is 0 Å². The van der Waals surface area contributed by atoms with Crippen LogP contribution in [0.5, 0.6) is 0 Å². The average Bonchev–Trinajstić information content (AvgIpc) is 2.63. The normalized spacial score (nSPS) is 13.0. The summed E-state index contributed by atoms with van der Waals surface area (Å²) in [6, 6.07) is 17.6. The van der Waals surface area contributed by atoms with E-state index >= 15 is 0 Å². The summed E-state index contributed by atoms with van der Waals surface area (Å²) >= 11 is -0.226. The molecule has 24 heavy (non-hydrogen) atoms. The van der Waals surface area contributed by atoms with Crippen molar-refractivity contribution >= 4 is 24.1 Å². The molecule has 0 aliphatic heterocycles. The van der Waals surface area contributed by atoms with E-state index in [1.54, 1.807) is 6.08 Å². The van der Waals surface area contributed by atoms with Crippen LogP contribution in [-0.2, 0) is 6.42 Å². The van der Waals surface area contributed by atoms with Crippen LogP contribution < -0.4 is 4.46 Å². The van der Waals surface area contributed by atoms with Crippen LogP contribution in [0.3, 0.4) is 0 Å². The Kier molecular flexibility index (Phi) is 7.20. The summed E-state index contributed by atoms with van der Waals surface area (Å²) in [4.78, 5) is 12.7. The summed E-state index contributed by atoms with van der Waals surface area (Å²) in [6.45, 7) is 7.41. The molecule has 2 rings (SSSR count). The SMILES string of the molecule is C=CC(O)[C@@H](C=C)CCc1ccccc1C(=O)[Se]c1ccccc1. The van der Waals surface area contributed by atoms with Crippen molar-refractivity contribution < 1.29 is 9.90 Å². The first-order valence-corrected chi connectivity index (χ1v) is 9.65. The van der Waals surface area contributed by atoms with E-state index in [2.05, 4.69) is 13.2 Å². The third-order valence-electron chi connectivity index (χ3n) is 3.92. The summed E-state index contributed by atoms with van der Waals surface area (Å²) in [5.74, 6) is -0.0507. The molecule has 124 valence electrons. The minimum atomic E-state index is -0.598. The first-order valence-electron chi connectivity index (χ1n) is 7.94. The maximum atomic E-state index is 12.7. The van der Waals surface area contributed by atoms with Crippen LogP contribution in [-0.4, -0.2) is 30.8 Å². The molecule has 0 saturated heterocycles. The van der Waals surface area contributed by atoms with Crippen molar-refractivity contribution in [1.29, 1.82) is 0 Å². The van der Waals surface area contributed by atoms with Crippen LogP contribution in [0, 0.1) is 5.92 Å². The van der Waals surface area contributed by atoms with Gasteiger partial charge in [0.1, 0.15) is 0 Å². The number of hydrogen-bond acceptors (Lipinski definition) is 2. The molecule has 2 aromatic carbocycles. The number of hydrogen-bond donors (Lipinski definition) is 1. The Morgan fingerprint density at radius 2 is 1.71 bits per heavy atom. The van der Waals surface area contributed by atoms with E-state index < -0.39 is 6.10 Å². The van der Waals surface area contributed by atoms with Gasteiger partial charge in [0.15, 0.2) is 0 Å². The van der Waals surface area contributed by atoms with Gasteiger partial charge in [0.05, 0.1) is 0 Å². The molecule has 2 atom stereocenters. The molecule has 0 radical (unpaired) electrons. The molecule has 0 aliphatic carbocycles. The Balaban J connectivity index is 2.10. The third-order valence-corrected chi connectivity index (χ3v) is 5.84. The number of carbonyl (C=O) groups is 1. The molecular weight excluding hydrogens is 363 g/mol. The van der Waals surface area contributed by atoms with Crippen LogP contribution >= 0.6 is 0 Å². The Hall–Kier alpha value is -1.93. The Bertz CT molecular complexity index is 694. The topological polar surface area (TPSA) is 37.3 Å². The Labute approximate surface area is 150 Å². The molecule has 0 heterocycles. The summed E-state index contributed by atoms with van der Waals surface area (Å²) in [7, 11) is 0. The molecule has 0 saturated carbocycles. The predicted octanol–water partition coefficient (Wildman–Crippen LogP) is 3.14. The molecule has 2 nitrogen and oxygen atoms in total. The van der Waals surface area contributed by atoms with Crippen LogP contribution in [0.4, 0.5) is 0 Å². The Morgan fingerprint density at radius 3 is 2.38 bits per heavy atom. The zero-order valence-electron chi connectivity index (χ0n) is 13.6. The standard InChI is InChI=1S/C21H22O2Se/c1-3-16(20(22)4-2)14-15-17-10-8-9-13-19(17)21(23)24-18-11-6-5-7-12-18/h3-13,16,20,22H,1-2,14-15H2/t16-,20?/m0/s1. The molecule has 0 bridgehead atoms. The third kappa shape index (κ3) is 5.04.